The Morgan fingerprint density at radius 3 is 2.36 bits per heavy atom. The average molecular weight is 461 g/mol. The monoisotopic (exact) mass is 460 g/mol. The molecule has 3 rings (SSSR count). The lowest BCUT2D eigenvalue weighted by Gasteiger charge is -2.36. The molecule has 0 radical (unpaired) electrons. The Morgan fingerprint density at radius 1 is 1.06 bits per heavy atom. The zero-order valence-corrected chi connectivity index (χ0v) is 20.5. The van der Waals surface area contributed by atoms with Gasteiger partial charge in [0.1, 0.15) is 11.9 Å². The van der Waals surface area contributed by atoms with E-state index in [0.717, 1.165) is 64.8 Å². The van der Waals surface area contributed by atoms with Crippen LogP contribution >= 0.6 is 0 Å². The normalized spacial score (nSPS) is 22.8. The molecule has 1 aromatic rings. The van der Waals surface area contributed by atoms with Crippen molar-refractivity contribution in [1.29, 1.82) is 0 Å². The van der Waals surface area contributed by atoms with E-state index in [1.807, 2.05) is 26.0 Å². The zero-order chi connectivity index (χ0) is 23.8. The Bertz CT molecular complexity index is 771. The van der Waals surface area contributed by atoms with Gasteiger partial charge in [0.05, 0.1) is 5.69 Å². The van der Waals surface area contributed by atoms with Gasteiger partial charge in [-0.15, -0.1) is 0 Å². The Hall–Kier alpha value is -2.15. The third-order valence-electron chi connectivity index (χ3n) is 7.15. The second-order valence-electron chi connectivity index (χ2n) is 10.1. The number of nitrogens with zero attached hydrogens (tertiary/aromatic N) is 2. The largest absolute Gasteiger partial charge is 0.367 e. The smallest absolute Gasteiger partial charge is 0.242 e. The van der Waals surface area contributed by atoms with Crippen LogP contribution in [-0.4, -0.2) is 62.0 Å². The highest BCUT2D eigenvalue weighted by Gasteiger charge is 2.29. The Balaban J connectivity index is 1.35. The molecule has 2 fully saturated rings. The van der Waals surface area contributed by atoms with Crippen molar-refractivity contribution < 1.29 is 14.0 Å². The number of amides is 2. The number of rotatable bonds is 9. The number of nitrogens with one attached hydrogen (secondary N) is 2. The first-order valence-electron chi connectivity index (χ1n) is 12.6. The molecule has 1 aliphatic carbocycles. The van der Waals surface area contributed by atoms with Gasteiger partial charge in [-0.1, -0.05) is 32.9 Å². The van der Waals surface area contributed by atoms with Crippen molar-refractivity contribution in [2.45, 2.75) is 58.9 Å². The van der Waals surface area contributed by atoms with Gasteiger partial charge in [-0.25, -0.2) is 4.39 Å². The molecule has 0 spiro atoms. The number of para-hydroxylation sites is 1. The van der Waals surface area contributed by atoms with Gasteiger partial charge < -0.3 is 15.5 Å². The summed E-state index contributed by atoms with van der Waals surface area (Å²) in [5.74, 6) is 0.552. The summed E-state index contributed by atoms with van der Waals surface area (Å²) in [7, 11) is 0. The van der Waals surface area contributed by atoms with E-state index in [2.05, 4.69) is 27.4 Å². The standard InChI is InChI=1S/C26H41FN4O2/c1-19(2)24(29-25(32)21-11-9-20(3)10-12-21)26(33)28-13-6-14-30-15-17-31(18-16-30)23-8-5-4-7-22(23)27/h4-5,7-8,19-21,24H,6,9-18H2,1-3H3,(H,28,33)(H,29,32)/t20?,21?,24-/m1/s1. The summed E-state index contributed by atoms with van der Waals surface area (Å²) in [6.07, 6.45) is 4.87. The van der Waals surface area contributed by atoms with E-state index in [-0.39, 0.29) is 29.5 Å². The molecule has 1 aliphatic heterocycles. The number of benzene rings is 1. The number of carbonyl (C=O) groups excluding carboxylic acids is 2. The maximum absolute atomic E-state index is 14.0. The molecule has 1 atom stereocenters. The predicted octanol–water partition coefficient (Wildman–Crippen LogP) is 3.42. The SMILES string of the molecule is CC1CCC(C(=O)N[C@@H](C(=O)NCCCN2CCN(c3ccccc3F)CC2)C(C)C)CC1. The molecule has 6 nitrogen and oxygen atoms in total. The first-order valence-corrected chi connectivity index (χ1v) is 12.6. The Kier molecular flexibility index (Phi) is 9.53. The van der Waals surface area contributed by atoms with Crippen molar-refractivity contribution in [3.8, 4) is 0 Å². The second-order valence-corrected chi connectivity index (χ2v) is 10.1. The van der Waals surface area contributed by atoms with Crippen molar-refractivity contribution in [1.82, 2.24) is 15.5 Å². The fourth-order valence-electron chi connectivity index (χ4n) is 4.87. The van der Waals surface area contributed by atoms with Crippen molar-refractivity contribution in [2.75, 3.05) is 44.2 Å². The molecule has 1 aromatic carbocycles. The average Bonchev–Trinajstić information content (AvgIpc) is 2.81. The molecule has 0 bridgehead atoms. The summed E-state index contributed by atoms with van der Waals surface area (Å²) in [5.41, 5.74) is 0.675. The van der Waals surface area contributed by atoms with Crippen molar-refractivity contribution in [3.05, 3.63) is 30.1 Å². The highest BCUT2D eigenvalue weighted by atomic mass is 19.1. The molecule has 2 N–H and O–H groups in total. The van der Waals surface area contributed by atoms with Gasteiger partial charge in [0.2, 0.25) is 11.8 Å². The molecule has 1 heterocycles. The van der Waals surface area contributed by atoms with Crippen LogP contribution < -0.4 is 15.5 Å². The minimum absolute atomic E-state index is 0.0310. The van der Waals surface area contributed by atoms with Crippen LogP contribution in [0.5, 0.6) is 0 Å². The molecule has 2 aliphatic rings. The number of piperazine rings is 1. The summed E-state index contributed by atoms with van der Waals surface area (Å²) in [4.78, 5) is 29.9. The maximum Gasteiger partial charge on any atom is 0.242 e. The first kappa shape index (κ1) is 25.5. The van der Waals surface area contributed by atoms with Crippen molar-refractivity contribution in [2.24, 2.45) is 17.8 Å². The molecule has 0 aromatic heterocycles. The highest BCUT2D eigenvalue weighted by molar-refractivity contribution is 5.88. The van der Waals surface area contributed by atoms with Crippen LogP contribution in [0.15, 0.2) is 24.3 Å². The zero-order valence-electron chi connectivity index (χ0n) is 20.5. The summed E-state index contributed by atoms with van der Waals surface area (Å²) in [5, 5.41) is 6.04. The number of halogens is 1. The fourth-order valence-corrected chi connectivity index (χ4v) is 4.87. The van der Waals surface area contributed by atoms with Gasteiger partial charge in [-0.3, -0.25) is 14.5 Å². The minimum Gasteiger partial charge on any atom is -0.367 e. The molecule has 7 heteroatoms. The van der Waals surface area contributed by atoms with Crippen LogP contribution in [0.25, 0.3) is 0 Å². The van der Waals surface area contributed by atoms with Crippen LogP contribution in [0.4, 0.5) is 10.1 Å². The van der Waals surface area contributed by atoms with Crippen LogP contribution in [0.1, 0.15) is 52.9 Å². The molecule has 1 saturated carbocycles. The van der Waals surface area contributed by atoms with Crippen molar-refractivity contribution >= 4 is 17.5 Å². The lowest BCUT2D eigenvalue weighted by atomic mass is 9.82. The third-order valence-corrected chi connectivity index (χ3v) is 7.15. The maximum atomic E-state index is 14.0. The van der Waals surface area contributed by atoms with Crippen molar-refractivity contribution in [3.63, 3.8) is 0 Å². The van der Waals surface area contributed by atoms with E-state index in [0.29, 0.717) is 18.2 Å². The molecule has 0 unspecified atom stereocenters. The molecular formula is C26H41FN4O2. The van der Waals surface area contributed by atoms with Gasteiger partial charge in [0.25, 0.3) is 0 Å². The molecule has 2 amide bonds. The van der Waals surface area contributed by atoms with Gasteiger partial charge in [0.15, 0.2) is 0 Å². The predicted molar refractivity (Wildman–Crippen MR) is 131 cm³/mol. The quantitative estimate of drug-likeness (QED) is 0.555. The van der Waals surface area contributed by atoms with Crippen LogP contribution in [0.2, 0.25) is 0 Å². The number of anilines is 1. The highest BCUT2D eigenvalue weighted by Crippen LogP contribution is 2.28. The molecule has 184 valence electrons. The minimum atomic E-state index is -0.485. The number of hydrogen-bond donors (Lipinski definition) is 2. The lowest BCUT2D eigenvalue weighted by molar-refractivity contribution is -0.132. The van der Waals surface area contributed by atoms with E-state index in [4.69, 9.17) is 0 Å². The molecular weight excluding hydrogens is 419 g/mol. The van der Waals surface area contributed by atoms with Gasteiger partial charge in [-0.2, -0.15) is 0 Å². The number of hydrogen-bond acceptors (Lipinski definition) is 4. The van der Waals surface area contributed by atoms with E-state index < -0.39 is 6.04 Å². The summed E-state index contributed by atoms with van der Waals surface area (Å²) in [6.45, 7) is 11.0. The van der Waals surface area contributed by atoms with Crippen LogP contribution in [-0.2, 0) is 9.59 Å². The van der Waals surface area contributed by atoms with Gasteiger partial charge >= 0.3 is 0 Å². The Labute approximate surface area is 198 Å². The third kappa shape index (κ3) is 7.42. The number of carbonyl (C=O) groups is 2. The van der Waals surface area contributed by atoms with E-state index in [9.17, 15) is 14.0 Å². The van der Waals surface area contributed by atoms with Gasteiger partial charge in [0, 0.05) is 38.6 Å². The Morgan fingerprint density at radius 2 is 1.73 bits per heavy atom. The first-order chi connectivity index (χ1) is 15.8. The van der Waals surface area contributed by atoms with E-state index in [1.54, 1.807) is 6.07 Å². The second kappa shape index (κ2) is 12.4. The van der Waals surface area contributed by atoms with Gasteiger partial charge in [-0.05, 0) is 62.6 Å². The summed E-state index contributed by atoms with van der Waals surface area (Å²) >= 11 is 0. The molecule has 33 heavy (non-hydrogen) atoms. The molecule has 1 saturated heterocycles. The van der Waals surface area contributed by atoms with E-state index in [1.165, 1.54) is 6.07 Å². The topological polar surface area (TPSA) is 64.7 Å². The van der Waals surface area contributed by atoms with E-state index >= 15 is 0 Å². The summed E-state index contributed by atoms with van der Waals surface area (Å²) < 4.78 is 14.0. The van der Waals surface area contributed by atoms with Crippen LogP contribution in [0, 0.1) is 23.6 Å². The fraction of sp³-hybridized carbons (Fsp3) is 0.692. The summed E-state index contributed by atoms with van der Waals surface area (Å²) in [6, 6.07) is 6.44. The van der Waals surface area contributed by atoms with Crippen LogP contribution in [0.3, 0.4) is 0 Å². The lowest BCUT2D eigenvalue weighted by Crippen LogP contribution is -2.52.